The van der Waals surface area contributed by atoms with Crippen molar-refractivity contribution in [1.82, 2.24) is 9.78 Å². The number of aromatic nitrogens is 2. The molecule has 1 heterocycles. The Bertz CT molecular complexity index is 485. The summed E-state index contributed by atoms with van der Waals surface area (Å²) in [5.41, 5.74) is 2.70. The fraction of sp³-hybridized carbons (Fsp3) is 0.400. The summed E-state index contributed by atoms with van der Waals surface area (Å²) in [5, 5.41) is 7.73. The average molecular weight is 243 g/mol. The van der Waals surface area contributed by atoms with Crippen LogP contribution in [0.15, 0.2) is 36.5 Å². The molecular weight excluding hydrogens is 222 g/mol. The summed E-state index contributed by atoms with van der Waals surface area (Å²) in [5.74, 6) is 0.919. The van der Waals surface area contributed by atoms with E-state index in [1.165, 1.54) is 17.5 Å². The second-order valence-corrected chi connectivity index (χ2v) is 4.73. The standard InChI is InChI=1S/C15H21N3/c1-4-5-13-6-8-14(9-7-13)12(2)16-15-10-11-18(3)17-15/h6-12H,4-5H2,1-3H3,(H,16,17). The summed E-state index contributed by atoms with van der Waals surface area (Å²) in [7, 11) is 1.93. The van der Waals surface area contributed by atoms with Crippen LogP contribution in [0.2, 0.25) is 0 Å². The molecule has 0 aliphatic carbocycles. The minimum atomic E-state index is 0.274. The third-order valence-corrected chi connectivity index (χ3v) is 3.10. The first kappa shape index (κ1) is 12.7. The highest BCUT2D eigenvalue weighted by Gasteiger charge is 2.06. The van der Waals surface area contributed by atoms with Crippen molar-refractivity contribution in [2.75, 3.05) is 5.32 Å². The van der Waals surface area contributed by atoms with Crippen LogP contribution in [-0.4, -0.2) is 9.78 Å². The van der Waals surface area contributed by atoms with Gasteiger partial charge in [0.25, 0.3) is 0 Å². The number of benzene rings is 1. The number of anilines is 1. The highest BCUT2D eigenvalue weighted by atomic mass is 15.3. The summed E-state index contributed by atoms with van der Waals surface area (Å²) in [4.78, 5) is 0. The largest absolute Gasteiger partial charge is 0.362 e. The lowest BCUT2D eigenvalue weighted by atomic mass is 10.0. The topological polar surface area (TPSA) is 29.9 Å². The van der Waals surface area contributed by atoms with E-state index in [4.69, 9.17) is 0 Å². The molecule has 0 saturated heterocycles. The van der Waals surface area contributed by atoms with E-state index in [0.717, 1.165) is 12.2 Å². The molecule has 0 fully saturated rings. The molecule has 1 unspecified atom stereocenters. The molecular formula is C15H21N3. The van der Waals surface area contributed by atoms with Gasteiger partial charge in [-0.15, -0.1) is 0 Å². The Morgan fingerprint density at radius 3 is 2.50 bits per heavy atom. The fourth-order valence-electron chi connectivity index (χ4n) is 2.06. The molecule has 0 saturated carbocycles. The molecule has 3 heteroatoms. The molecule has 0 radical (unpaired) electrons. The molecule has 0 amide bonds. The Morgan fingerprint density at radius 1 is 1.22 bits per heavy atom. The zero-order valence-corrected chi connectivity index (χ0v) is 11.4. The van der Waals surface area contributed by atoms with Gasteiger partial charge in [-0.05, 0) is 24.5 Å². The first-order valence-electron chi connectivity index (χ1n) is 6.54. The minimum absolute atomic E-state index is 0.274. The lowest BCUT2D eigenvalue weighted by molar-refractivity contribution is 0.760. The first-order valence-corrected chi connectivity index (χ1v) is 6.54. The zero-order chi connectivity index (χ0) is 13.0. The molecule has 0 aliphatic rings. The number of hydrogen-bond acceptors (Lipinski definition) is 2. The maximum absolute atomic E-state index is 4.33. The van der Waals surface area contributed by atoms with Gasteiger partial charge >= 0.3 is 0 Å². The van der Waals surface area contributed by atoms with Gasteiger partial charge in [-0.2, -0.15) is 5.10 Å². The third kappa shape index (κ3) is 3.13. The molecule has 2 aromatic rings. The van der Waals surface area contributed by atoms with Crippen LogP contribution in [0.1, 0.15) is 37.4 Å². The number of aryl methyl sites for hydroxylation is 2. The average Bonchev–Trinajstić information content (AvgIpc) is 2.76. The van der Waals surface area contributed by atoms with Crippen molar-refractivity contribution in [2.45, 2.75) is 32.7 Å². The summed E-state index contributed by atoms with van der Waals surface area (Å²) >= 11 is 0. The number of nitrogens with zero attached hydrogens (tertiary/aromatic N) is 2. The molecule has 18 heavy (non-hydrogen) atoms. The van der Waals surface area contributed by atoms with Crippen LogP contribution in [0.25, 0.3) is 0 Å². The Balaban J connectivity index is 2.02. The van der Waals surface area contributed by atoms with Crippen LogP contribution in [-0.2, 0) is 13.5 Å². The highest BCUT2D eigenvalue weighted by Crippen LogP contribution is 2.18. The van der Waals surface area contributed by atoms with Crippen molar-refractivity contribution >= 4 is 5.82 Å². The van der Waals surface area contributed by atoms with E-state index in [9.17, 15) is 0 Å². The quantitative estimate of drug-likeness (QED) is 0.870. The molecule has 0 bridgehead atoms. The molecule has 1 aromatic heterocycles. The number of nitrogens with one attached hydrogen (secondary N) is 1. The van der Waals surface area contributed by atoms with Gasteiger partial charge in [0.15, 0.2) is 0 Å². The van der Waals surface area contributed by atoms with Gasteiger partial charge < -0.3 is 5.32 Å². The molecule has 3 nitrogen and oxygen atoms in total. The summed E-state index contributed by atoms with van der Waals surface area (Å²) < 4.78 is 1.80. The van der Waals surface area contributed by atoms with Gasteiger partial charge in [-0.25, -0.2) is 0 Å². The molecule has 1 N–H and O–H groups in total. The minimum Gasteiger partial charge on any atom is -0.362 e. The Labute approximate surface area is 109 Å². The SMILES string of the molecule is CCCc1ccc(C(C)Nc2ccn(C)n2)cc1. The van der Waals surface area contributed by atoms with Gasteiger partial charge in [-0.3, -0.25) is 4.68 Å². The predicted molar refractivity (Wildman–Crippen MR) is 75.7 cm³/mol. The van der Waals surface area contributed by atoms with Crippen LogP contribution >= 0.6 is 0 Å². The van der Waals surface area contributed by atoms with E-state index in [1.54, 1.807) is 4.68 Å². The monoisotopic (exact) mass is 243 g/mol. The van der Waals surface area contributed by atoms with Crippen LogP contribution < -0.4 is 5.32 Å². The lowest BCUT2D eigenvalue weighted by Gasteiger charge is -2.14. The zero-order valence-electron chi connectivity index (χ0n) is 11.4. The molecule has 1 atom stereocenters. The van der Waals surface area contributed by atoms with Crippen molar-refractivity contribution in [3.63, 3.8) is 0 Å². The van der Waals surface area contributed by atoms with Crippen LogP contribution in [0.3, 0.4) is 0 Å². The van der Waals surface area contributed by atoms with Crippen molar-refractivity contribution in [1.29, 1.82) is 0 Å². The van der Waals surface area contributed by atoms with Gasteiger partial charge in [0.05, 0.1) is 0 Å². The molecule has 96 valence electrons. The van der Waals surface area contributed by atoms with Gasteiger partial charge in [-0.1, -0.05) is 37.6 Å². The Hall–Kier alpha value is -1.77. The third-order valence-electron chi connectivity index (χ3n) is 3.10. The van der Waals surface area contributed by atoms with E-state index in [1.807, 2.05) is 19.3 Å². The predicted octanol–water partition coefficient (Wildman–Crippen LogP) is 3.55. The normalized spacial score (nSPS) is 12.4. The second kappa shape index (κ2) is 5.71. The van der Waals surface area contributed by atoms with Crippen molar-refractivity contribution in [3.8, 4) is 0 Å². The van der Waals surface area contributed by atoms with Crippen LogP contribution in [0, 0.1) is 0 Å². The fourth-order valence-corrected chi connectivity index (χ4v) is 2.06. The summed E-state index contributed by atoms with van der Waals surface area (Å²) in [6.45, 7) is 4.36. The first-order chi connectivity index (χ1) is 8.69. The van der Waals surface area contributed by atoms with Gasteiger partial charge in [0.2, 0.25) is 0 Å². The Kier molecular flexibility index (Phi) is 4.03. The molecule has 2 rings (SSSR count). The van der Waals surface area contributed by atoms with E-state index in [-0.39, 0.29) is 6.04 Å². The number of rotatable bonds is 5. The lowest BCUT2D eigenvalue weighted by Crippen LogP contribution is -2.07. The summed E-state index contributed by atoms with van der Waals surface area (Å²) in [6.07, 6.45) is 4.29. The van der Waals surface area contributed by atoms with E-state index >= 15 is 0 Å². The van der Waals surface area contributed by atoms with Crippen LogP contribution in [0.4, 0.5) is 5.82 Å². The Morgan fingerprint density at radius 2 is 1.94 bits per heavy atom. The molecule has 1 aromatic carbocycles. The second-order valence-electron chi connectivity index (χ2n) is 4.73. The van der Waals surface area contributed by atoms with Gasteiger partial charge in [0.1, 0.15) is 5.82 Å². The van der Waals surface area contributed by atoms with Gasteiger partial charge in [0, 0.05) is 25.4 Å². The maximum Gasteiger partial charge on any atom is 0.148 e. The molecule has 0 spiro atoms. The van der Waals surface area contributed by atoms with Crippen molar-refractivity contribution in [2.24, 2.45) is 7.05 Å². The summed E-state index contributed by atoms with van der Waals surface area (Å²) in [6, 6.07) is 11.1. The van der Waals surface area contributed by atoms with Crippen molar-refractivity contribution < 1.29 is 0 Å². The van der Waals surface area contributed by atoms with E-state index < -0.39 is 0 Å². The van der Waals surface area contributed by atoms with Crippen LogP contribution in [0.5, 0.6) is 0 Å². The smallest absolute Gasteiger partial charge is 0.148 e. The highest BCUT2D eigenvalue weighted by molar-refractivity contribution is 5.37. The van der Waals surface area contributed by atoms with E-state index in [2.05, 4.69) is 48.5 Å². The molecule has 0 aliphatic heterocycles. The maximum atomic E-state index is 4.33. The van der Waals surface area contributed by atoms with E-state index in [0.29, 0.717) is 0 Å². The van der Waals surface area contributed by atoms with Crippen molar-refractivity contribution in [3.05, 3.63) is 47.7 Å². The number of hydrogen-bond donors (Lipinski definition) is 1.